The molecule has 70 valence electrons. The van der Waals surface area contributed by atoms with Crippen molar-refractivity contribution in [2.75, 3.05) is 6.61 Å². The summed E-state index contributed by atoms with van der Waals surface area (Å²) in [6.45, 7) is 3.31. The van der Waals surface area contributed by atoms with E-state index in [-0.39, 0.29) is 0 Å². The van der Waals surface area contributed by atoms with Gasteiger partial charge in [0.05, 0.1) is 13.2 Å². The van der Waals surface area contributed by atoms with Gasteiger partial charge in [0.25, 0.3) is 0 Å². The first-order valence-corrected chi connectivity index (χ1v) is 4.38. The summed E-state index contributed by atoms with van der Waals surface area (Å²) in [6, 6.07) is 4.15. The van der Waals surface area contributed by atoms with Crippen LogP contribution in [0.3, 0.4) is 0 Å². The van der Waals surface area contributed by atoms with Crippen LogP contribution in [0, 0.1) is 6.92 Å². The van der Waals surface area contributed by atoms with Crippen LogP contribution in [-0.4, -0.2) is 6.61 Å². The Kier molecular flexibility index (Phi) is 2.20. The third-order valence-corrected chi connectivity index (χ3v) is 2.28. The molecule has 0 fully saturated rings. The highest BCUT2D eigenvalue weighted by atomic mass is 16.6. The maximum Gasteiger partial charge on any atom is 0.125 e. The number of nitrogens with two attached hydrogens (primary N) is 1. The molecule has 0 aromatic heterocycles. The van der Waals surface area contributed by atoms with Crippen molar-refractivity contribution < 1.29 is 9.57 Å². The zero-order valence-electron chi connectivity index (χ0n) is 7.67. The molecule has 1 aromatic carbocycles. The van der Waals surface area contributed by atoms with E-state index >= 15 is 0 Å². The smallest absolute Gasteiger partial charge is 0.125 e. The number of ether oxygens (including phenoxy) is 1. The molecule has 0 bridgehead atoms. The summed E-state index contributed by atoms with van der Waals surface area (Å²) in [6.07, 6.45) is 0.995. The number of rotatable bonds is 2. The van der Waals surface area contributed by atoms with Crippen molar-refractivity contribution in [3.8, 4) is 5.75 Å². The topological polar surface area (TPSA) is 44.5 Å². The fraction of sp³-hybridized carbons (Fsp3) is 0.400. The van der Waals surface area contributed by atoms with Crippen molar-refractivity contribution in [3.05, 3.63) is 28.8 Å². The van der Waals surface area contributed by atoms with Gasteiger partial charge in [-0.15, -0.1) is 0 Å². The van der Waals surface area contributed by atoms with Gasteiger partial charge in [0, 0.05) is 6.42 Å². The number of hydrogen-bond donors (Lipinski definition) is 1. The second-order valence-corrected chi connectivity index (χ2v) is 3.31. The number of aryl methyl sites for hydroxylation is 1. The summed E-state index contributed by atoms with van der Waals surface area (Å²) in [4.78, 5) is 4.60. The van der Waals surface area contributed by atoms with Crippen LogP contribution in [0.4, 0.5) is 0 Å². The summed E-state index contributed by atoms with van der Waals surface area (Å²) in [5.41, 5.74) is 3.55. The fourth-order valence-corrected chi connectivity index (χ4v) is 1.76. The van der Waals surface area contributed by atoms with Crippen molar-refractivity contribution in [1.82, 2.24) is 0 Å². The van der Waals surface area contributed by atoms with E-state index in [4.69, 9.17) is 10.6 Å². The molecule has 0 spiro atoms. The fourth-order valence-electron chi connectivity index (χ4n) is 1.76. The third kappa shape index (κ3) is 1.53. The molecule has 1 heterocycles. The van der Waals surface area contributed by atoms with Crippen LogP contribution in [0.25, 0.3) is 0 Å². The van der Waals surface area contributed by atoms with Gasteiger partial charge in [-0.2, -0.15) is 0 Å². The van der Waals surface area contributed by atoms with Gasteiger partial charge in [-0.3, -0.25) is 4.84 Å². The molecule has 2 N–H and O–H groups in total. The lowest BCUT2D eigenvalue weighted by molar-refractivity contribution is 0.124. The molecule has 0 radical (unpaired) electrons. The average Bonchev–Trinajstić information content (AvgIpc) is 2.53. The first-order valence-electron chi connectivity index (χ1n) is 4.38. The Morgan fingerprint density at radius 1 is 1.54 bits per heavy atom. The Morgan fingerprint density at radius 3 is 3.15 bits per heavy atom. The first kappa shape index (κ1) is 8.53. The zero-order chi connectivity index (χ0) is 9.26. The number of fused-ring (bicyclic) bond motifs is 1. The van der Waals surface area contributed by atoms with Crippen LogP contribution < -0.4 is 10.6 Å². The van der Waals surface area contributed by atoms with Crippen LogP contribution in [0.5, 0.6) is 5.75 Å². The van der Waals surface area contributed by atoms with E-state index in [1.165, 1.54) is 11.1 Å². The molecule has 0 saturated carbocycles. The minimum Gasteiger partial charge on any atom is -0.493 e. The van der Waals surface area contributed by atoms with Crippen molar-refractivity contribution in [3.63, 3.8) is 0 Å². The van der Waals surface area contributed by atoms with Gasteiger partial charge in [-0.1, -0.05) is 0 Å². The largest absolute Gasteiger partial charge is 0.493 e. The maximum atomic E-state index is 5.49. The SMILES string of the molecule is Cc1cc(CON)cc2c1OCC2. The molecule has 3 nitrogen and oxygen atoms in total. The van der Waals surface area contributed by atoms with Crippen molar-refractivity contribution in [1.29, 1.82) is 0 Å². The lowest BCUT2D eigenvalue weighted by atomic mass is 10.0. The Labute approximate surface area is 77.4 Å². The Hall–Kier alpha value is -1.06. The minimum atomic E-state index is 0.466. The lowest BCUT2D eigenvalue weighted by Crippen LogP contribution is -1.99. The molecule has 0 saturated heterocycles. The second kappa shape index (κ2) is 3.36. The van der Waals surface area contributed by atoms with Crippen LogP contribution in [0.2, 0.25) is 0 Å². The number of hydrogen-bond acceptors (Lipinski definition) is 3. The summed E-state index contributed by atoms with van der Waals surface area (Å²) >= 11 is 0. The molecule has 1 aromatic rings. The Bertz CT molecular complexity index is 323. The molecular formula is C10H13NO2. The van der Waals surface area contributed by atoms with E-state index in [1.54, 1.807) is 0 Å². The van der Waals surface area contributed by atoms with Crippen LogP contribution >= 0.6 is 0 Å². The summed E-state index contributed by atoms with van der Waals surface area (Å²) in [5.74, 6) is 6.07. The molecule has 0 unspecified atom stereocenters. The van der Waals surface area contributed by atoms with E-state index in [0.717, 1.165) is 24.3 Å². The van der Waals surface area contributed by atoms with E-state index in [9.17, 15) is 0 Å². The zero-order valence-corrected chi connectivity index (χ0v) is 7.67. The highest BCUT2D eigenvalue weighted by Crippen LogP contribution is 2.30. The van der Waals surface area contributed by atoms with Crippen molar-refractivity contribution in [2.24, 2.45) is 5.90 Å². The van der Waals surface area contributed by atoms with E-state index in [1.807, 2.05) is 6.92 Å². The highest BCUT2D eigenvalue weighted by molar-refractivity contribution is 5.46. The molecule has 2 rings (SSSR count). The molecular weight excluding hydrogens is 166 g/mol. The second-order valence-electron chi connectivity index (χ2n) is 3.31. The van der Waals surface area contributed by atoms with Crippen LogP contribution in [0.15, 0.2) is 12.1 Å². The van der Waals surface area contributed by atoms with Crippen molar-refractivity contribution in [2.45, 2.75) is 20.0 Å². The molecule has 0 atom stereocenters. The molecule has 1 aliphatic heterocycles. The summed E-state index contributed by atoms with van der Waals surface area (Å²) < 4.78 is 5.49. The Balaban J connectivity index is 2.37. The van der Waals surface area contributed by atoms with Gasteiger partial charge >= 0.3 is 0 Å². The Morgan fingerprint density at radius 2 is 2.38 bits per heavy atom. The summed E-state index contributed by atoms with van der Waals surface area (Å²) in [5, 5.41) is 0. The predicted octanol–water partition coefficient (Wildman–Crippen LogP) is 1.32. The van der Waals surface area contributed by atoms with Crippen molar-refractivity contribution >= 4 is 0 Å². The molecule has 0 aliphatic carbocycles. The minimum absolute atomic E-state index is 0.466. The van der Waals surface area contributed by atoms with E-state index in [0.29, 0.717) is 6.61 Å². The van der Waals surface area contributed by atoms with Gasteiger partial charge < -0.3 is 4.74 Å². The standard InChI is InChI=1S/C10H13NO2/c1-7-4-8(6-13-11)5-9-2-3-12-10(7)9/h4-5H,2-3,6,11H2,1H3. The summed E-state index contributed by atoms with van der Waals surface area (Å²) in [7, 11) is 0. The molecule has 3 heteroatoms. The molecule has 0 amide bonds. The maximum absolute atomic E-state index is 5.49. The van der Waals surface area contributed by atoms with Gasteiger partial charge in [0.1, 0.15) is 5.75 Å². The van der Waals surface area contributed by atoms with Crippen LogP contribution in [0.1, 0.15) is 16.7 Å². The van der Waals surface area contributed by atoms with Gasteiger partial charge in [-0.05, 0) is 35.7 Å². The average molecular weight is 179 g/mol. The molecule has 1 aliphatic rings. The normalized spacial score (nSPS) is 14.0. The quantitative estimate of drug-likeness (QED) is 0.696. The predicted molar refractivity (Wildman–Crippen MR) is 49.4 cm³/mol. The van der Waals surface area contributed by atoms with E-state index < -0.39 is 0 Å². The lowest BCUT2D eigenvalue weighted by Gasteiger charge is -2.06. The highest BCUT2D eigenvalue weighted by Gasteiger charge is 2.15. The first-order chi connectivity index (χ1) is 6.31. The van der Waals surface area contributed by atoms with E-state index in [2.05, 4.69) is 17.0 Å². The van der Waals surface area contributed by atoms with Crippen LogP contribution in [-0.2, 0) is 17.9 Å². The number of benzene rings is 1. The monoisotopic (exact) mass is 179 g/mol. The van der Waals surface area contributed by atoms with Gasteiger partial charge in [-0.25, -0.2) is 5.90 Å². The third-order valence-electron chi connectivity index (χ3n) is 2.28. The molecule has 13 heavy (non-hydrogen) atoms. The van der Waals surface area contributed by atoms with Gasteiger partial charge in [0.2, 0.25) is 0 Å². The van der Waals surface area contributed by atoms with Gasteiger partial charge in [0.15, 0.2) is 0 Å².